The Bertz CT molecular complexity index is 337. The molecule has 0 spiro atoms. The van der Waals surface area contributed by atoms with Gasteiger partial charge in [0.25, 0.3) is 0 Å². The monoisotopic (exact) mass is 166 g/mol. The third-order valence-electron chi connectivity index (χ3n) is 1.44. The van der Waals surface area contributed by atoms with Crippen molar-refractivity contribution in [2.75, 3.05) is 0 Å². The Balaban J connectivity index is 2.45. The van der Waals surface area contributed by atoms with Crippen molar-refractivity contribution < 1.29 is 4.42 Å². The molecule has 0 saturated carbocycles. The molecule has 0 bridgehead atoms. The number of rotatable bonds is 1. The minimum absolute atomic E-state index is 0.921. The Labute approximate surface area is 69.1 Å². The molecule has 1 radical (unpaired) electrons. The van der Waals surface area contributed by atoms with Crippen LogP contribution in [0.15, 0.2) is 35.2 Å². The van der Waals surface area contributed by atoms with Gasteiger partial charge in [-0.15, -0.1) is 0 Å². The third-order valence-corrected chi connectivity index (χ3v) is 1.65. The largest absolute Gasteiger partial charge is 0.460 e. The molecule has 0 saturated heterocycles. The maximum Gasteiger partial charge on any atom is 0.177 e. The fourth-order valence-electron chi connectivity index (χ4n) is 0.919. The highest BCUT2D eigenvalue weighted by atomic mass is 35.5. The molecule has 0 unspecified atom stereocenters. The zero-order valence-electron chi connectivity index (χ0n) is 5.62. The van der Waals surface area contributed by atoms with E-state index in [0.717, 1.165) is 11.1 Å². The molecule has 2 rings (SSSR count). The van der Waals surface area contributed by atoms with Crippen LogP contribution >= 0.6 is 11.8 Å². The second kappa shape index (κ2) is 2.47. The van der Waals surface area contributed by atoms with Crippen LogP contribution < -0.4 is 0 Å². The van der Waals surface area contributed by atoms with E-state index in [0.29, 0.717) is 0 Å². The van der Waals surface area contributed by atoms with Crippen molar-refractivity contribution in [2.45, 2.75) is 0 Å². The van der Waals surface area contributed by atoms with Crippen molar-refractivity contribution >= 4 is 11.8 Å². The first-order chi connectivity index (χ1) is 5.36. The summed E-state index contributed by atoms with van der Waals surface area (Å²) in [6.07, 6.45) is 7.86. The Hall–Kier alpha value is -1.15. The lowest BCUT2D eigenvalue weighted by molar-refractivity contribution is 0.559. The molecule has 0 aromatic carbocycles. The van der Waals surface area contributed by atoms with Crippen LogP contribution in [0.5, 0.6) is 0 Å². The lowest BCUT2D eigenvalue weighted by Gasteiger charge is -1.84. The Kier molecular flexibility index (Phi) is 1.47. The summed E-state index contributed by atoms with van der Waals surface area (Å²) in [5.74, 6) is 0. The van der Waals surface area contributed by atoms with Gasteiger partial charge >= 0.3 is 0 Å². The quantitative estimate of drug-likeness (QED) is 0.637. The third kappa shape index (κ3) is 1.17. The summed E-state index contributed by atoms with van der Waals surface area (Å²) in [5, 5.41) is 0. The summed E-state index contributed by atoms with van der Waals surface area (Å²) < 4.78 is 6.27. The number of halogens is 1. The highest BCUT2D eigenvalue weighted by Crippen LogP contribution is 2.19. The molecule has 0 aliphatic carbocycles. The number of hydrogen-bond donors (Lipinski definition) is 0. The normalized spacial score (nSPS) is 10.3. The van der Waals surface area contributed by atoms with E-state index in [1.807, 2.05) is 12.1 Å². The van der Waals surface area contributed by atoms with Crippen molar-refractivity contribution in [1.82, 2.24) is 4.09 Å². The predicted octanol–water partition coefficient (Wildman–Crippen LogP) is 2.55. The standard InChI is InChI=1S/C8H5ClNO/c9-10-3-1-7(5-10)8-2-4-11-6-8/h1-5H. The fourth-order valence-corrected chi connectivity index (χ4v) is 1.08. The van der Waals surface area contributed by atoms with E-state index >= 15 is 0 Å². The van der Waals surface area contributed by atoms with E-state index in [2.05, 4.69) is 6.26 Å². The molecule has 55 valence electrons. The second-order valence-electron chi connectivity index (χ2n) is 2.18. The van der Waals surface area contributed by atoms with Crippen molar-refractivity contribution in [3.05, 3.63) is 37.1 Å². The van der Waals surface area contributed by atoms with Gasteiger partial charge in [-0.05, 0) is 12.1 Å². The van der Waals surface area contributed by atoms with Gasteiger partial charge in [-0.3, -0.25) is 4.09 Å². The molecule has 11 heavy (non-hydrogen) atoms. The molecule has 0 aliphatic heterocycles. The molecular weight excluding hydrogens is 162 g/mol. The summed E-state index contributed by atoms with van der Waals surface area (Å²) in [6.45, 7) is 0. The van der Waals surface area contributed by atoms with Crippen molar-refractivity contribution in [3.63, 3.8) is 0 Å². The van der Waals surface area contributed by atoms with E-state index < -0.39 is 0 Å². The average Bonchev–Trinajstić information content (AvgIpc) is 2.55. The van der Waals surface area contributed by atoms with Gasteiger partial charge in [0.15, 0.2) is 6.26 Å². The van der Waals surface area contributed by atoms with E-state index in [-0.39, 0.29) is 0 Å². The molecular formula is C8H5ClNO. The molecule has 3 heteroatoms. The van der Waals surface area contributed by atoms with E-state index in [4.69, 9.17) is 16.2 Å². The second-order valence-corrected chi connectivity index (χ2v) is 2.57. The Morgan fingerprint density at radius 2 is 2.36 bits per heavy atom. The Morgan fingerprint density at radius 1 is 1.45 bits per heavy atom. The SMILES string of the molecule is Cln1ccc(-c2[c]occ2)c1. The van der Waals surface area contributed by atoms with Crippen LogP contribution in [0.2, 0.25) is 0 Å². The van der Waals surface area contributed by atoms with E-state index in [1.54, 1.807) is 18.7 Å². The van der Waals surface area contributed by atoms with E-state index in [9.17, 15) is 0 Å². The van der Waals surface area contributed by atoms with Gasteiger partial charge in [0.1, 0.15) is 0 Å². The molecule has 2 nitrogen and oxygen atoms in total. The van der Waals surface area contributed by atoms with Gasteiger partial charge in [-0.2, -0.15) is 0 Å². The van der Waals surface area contributed by atoms with Crippen LogP contribution in [-0.2, 0) is 0 Å². The summed E-state index contributed by atoms with van der Waals surface area (Å²) >= 11 is 5.65. The first-order valence-electron chi connectivity index (χ1n) is 3.16. The lowest BCUT2D eigenvalue weighted by Crippen LogP contribution is -1.68. The van der Waals surface area contributed by atoms with Gasteiger partial charge in [-0.1, -0.05) is 0 Å². The fraction of sp³-hybridized carbons (Fsp3) is 0. The van der Waals surface area contributed by atoms with Gasteiger partial charge in [0.05, 0.1) is 6.26 Å². The number of hydrogen-bond acceptors (Lipinski definition) is 1. The molecule has 0 aliphatic rings. The van der Waals surface area contributed by atoms with Crippen LogP contribution in [-0.4, -0.2) is 4.09 Å². The van der Waals surface area contributed by atoms with Crippen LogP contribution in [0, 0.1) is 6.26 Å². The van der Waals surface area contributed by atoms with Crippen molar-refractivity contribution in [2.24, 2.45) is 0 Å². The minimum atomic E-state index is 0.921. The van der Waals surface area contributed by atoms with Gasteiger partial charge in [-0.25, -0.2) is 0 Å². The average molecular weight is 167 g/mol. The maximum atomic E-state index is 5.65. The van der Waals surface area contributed by atoms with Crippen LogP contribution in [0.1, 0.15) is 0 Å². The topological polar surface area (TPSA) is 18.1 Å². The molecule has 2 aromatic heterocycles. The predicted molar refractivity (Wildman–Crippen MR) is 42.2 cm³/mol. The van der Waals surface area contributed by atoms with Crippen LogP contribution in [0.4, 0.5) is 0 Å². The lowest BCUT2D eigenvalue weighted by atomic mass is 10.2. The zero-order valence-corrected chi connectivity index (χ0v) is 6.38. The number of aromatic nitrogens is 1. The van der Waals surface area contributed by atoms with Crippen LogP contribution in [0.25, 0.3) is 11.1 Å². The summed E-state index contributed by atoms with van der Waals surface area (Å²) in [6, 6.07) is 3.74. The highest BCUT2D eigenvalue weighted by Gasteiger charge is 1.99. The molecule has 0 atom stereocenters. The molecule has 0 amide bonds. The van der Waals surface area contributed by atoms with Gasteiger partial charge < -0.3 is 4.42 Å². The maximum absolute atomic E-state index is 5.65. The first-order valence-corrected chi connectivity index (χ1v) is 3.50. The highest BCUT2D eigenvalue weighted by molar-refractivity contribution is 6.15. The molecule has 2 aromatic rings. The Morgan fingerprint density at radius 3 is 2.91 bits per heavy atom. The molecule has 0 N–H and O–H groups in total. The molecule has 2 heterocycles. The number of nitrogens with zero attached hydrogens (tertiary/aromatic N) is 1. The first kappa shape index (κ1) is 6.55. The van der Waals surface area contributed by atoms with Crippen molar-refractivity contribution in [3.8, 4) is 11.1 Å². The van der Waals surface area contributed by atoms with E-state index in [1.165, 1.54) is 4.09 Å². The minimum Gasteiger partial charge on any atom is -0.460 e. The number of furan rings is 1. The summed E-state index contributed by atoms with van der Waals surface area (Å²) in [7, 11) is 0. The van der Waals surface area contributed by atoms with Crippen molar-refractivity contribution in [1.29, 1.82) is 0 Å². The van der Waals surface area contributed by atoms with Gasteiger partial charge in [0.2, 0.25) is 0 Å². The van der Waals surface area contributed by atoms with Gasteiger partial charge in [0, 0.05) is 35.3 Å². The summed E-state index contributed by atoms with van der Waals surface area (Å²) in [4.78, 5) is 0. The summed E-state index contributed by atoms with van der Waals surface area (Å²) in [5.41, 5.74) is 1.93. The van der Waals surface area contributed by atoms with Crippen LogP contribution in [0.3, 0.4) is 0 Å². The molecule has 0 fully saturated rings. The smallest absolute Gasteiger partial charge is 0.177 e. The zero-order chi connectivity index (χ0) is 7.68.